The zero-order valence-corrected chi connectivity index (χ0v) is 13.6. The van der Waals surface area contributed by atoms with E-state index in [2.05, 4.69) is 26.1 Å². The minimum atomic E-state index is -0.905. The predicted molar refractivity (Wildman–Crippen MR) is 80.0 cm³/mol. The standard InChI is InChI=1S/C14H17BrFN3O2/c1-8(2)20-7-14(3,17)13-18-12(21-19-13)10-5-4-9(15)6-11(10)16/h4-6,8H,7,17H2,1-3H3. The maximum atomic E-state index is 13.9. The summed E-state index contributed by atoms with van der Waals surface area (Å²) >= 11 is 3.20. The van der Waals surface area contributed by atoms with Gasteiger partial charge in [0.15, 0.2) is 5.82 Å². The summed E-state index contributed by atoms with van der Waals surface area (Å²) < 4.78 is 25.1. The highest BCUT2D eigenvalue weighted by molar-refractivity contribution is 9.10. The largest absolute Gasteiger partial charge is 0.376 e. The van der Waals surface area contributed by atoms with Crippen molar-refractivity contribution in [1.82, 2.24) is 10.1 Å². The smallest absolute Gasteiger partial charge is 0.260 e. The third-order valence-corrected chi connectivity index (χ3v) is 3.31. The van der Waals surface area contributed by atoms with E-state index in [4.69, 9.17) is 15.0 Å². The zero-order chi connectivity index (χ0) is 15.6. The van der Waals surface area contributed by atoms with E-state index in [0.717, 1.165) is 0 Å². The molecule has 21 heavy (non-hydrogen) atoms. The van der Waals surface area contributed by atoms with Crippen LogP contribution in [0.5, 0.6) is 0 Å². The maximum Gasteiger partial charge on any atom is 0.260 e. The summed E-state index contributed by atoms with van der Waals surface area (Å²) in [5.41, 5.74) is 5.46. The summed E-state index contributed by atoms with van der Waals surface area (Å²) in [6.07, 6.45) is 0.0446. The van der Waals surface area contributed by atoms with E-state index in [1.807, 2.05) is 13.8 Å². The van der Waals surface area contributed by atoms with Gasteiger partial charge in [-0.05, 0) is 39.0 Å². The molecule has 2 N–H and O–H groups in total. The van der Waals surface area contributed by atoms with Crippen molar-refractivity contribution in [3.63, 3.8) is 0 Å². The van der Waals surface area contributed by atoms with Crippen LogP contribution in [-0.2, 0) is 10.3 Å². The Hall–Kier alpha value is -1.31. The molecule has 0 aliphatic rings. The van der Waals surface area contributed by atoms with Crippen molar-refractivity contribution in [3.05, 3.63) is 34.3 Å². The second kappa shape index (κ2) is 6.21. The summed E-state index contributed by atoms with van der Waals surface area (Å²) in [5.74, 6) is -0.0755. The van der Waals surface area contributed by atoms with Crippen LogP contribution < -0.4 is 5.73 Å². The number of aromatic nitrogens is 2. The van der Waals surface area contributed by atoms with Crippen molar-refractivity contribution < 1.29 is 13.7 Å². The van der Waals surface area contributed by atoms with Crippen LogP contribution in [0.25, 0.3) is 11.5 Å². The van der Waals surface area contributed by atoms with Crippen LogP contribution >= 0.6 is 15.9 Å². The molecule has 1 unspecified atom stereocenters. The fourth-order valence-corrected chi connectivity index (χ4v) is 1.97. The van der Waals surface area contributed by atoms with E-state index < -0.39 is 11.4 Å². The lowest BCUT2D eigenvalue weighted by molar-refractivity contribution is 0.0410. The Labute approximate surface area is 130 Å². The minimum Gasteiger partial charge on any atom is -0.376 e. The van der Waals surface area contributed by atoms with Crippen molar-refractivity contribution in [1.29, 1.82) is 0 Å². The lowest BCUT2D eigenvalue weighted by Gasteiger charge is -2.21. The average molecular weight is 358 g/mol. The van der Waals surface area contributed by atoms with Gasteiger partial charge in [0.1, 0.15) is 11.4 Å². The number of hydrogen-bond donors (Lipinski definition) is 1. The molecule has 0 bridgehead atoms. The maximum absolute atomic E-state index is 13.9. The molecule has 0 radical (unpaired) electrons. The fourth-order valence-electron chi connectivity index (χ4n) is 1.63. The molecule has 0 aliphatic heterocycles. The first kappa shape index (κ1) is 16.1. The van der Waals surface area contributed by atoms with E-state index in [0.29, 0.717) is 4.47 Å². The molecule has 1 aromatic heterocycles. The number of hydrogen-bond acceptors (Lipinski definition) is 5. The van der Waals surface area contributed by atoms with Crippen LogP contribution in [0.15, 0.2) is 27.2 Å². The number of ether oxygens (including phenoxy) is 1. The van der Waals surface area contributed by atoms with Crippen molar-refractivity contribution >= 4 is 15.9 Å². The third kappa shape index (κ3) is 3.87. The molecule has 2 aromatic rings. The lowest BCUT2D eigenvalue weighted by Crippen LogP contribution is -2.40. The Bertz CT molecular complexity index is 628. The second-order valence-corrected chi connectivity index (χ2v) is 6.24. The van der Waals surface area contributed by atoms with Gasteiger partial charge in [-0.2, -0.15) is 4.98 Å². The predicted octanol–water partition coefficient (Wildman–Crippen LogP) is 3.24. The quantitative estimate of drug-likeness (QED) is 0.888. The Balaban J connectivity index is 2.25. The molecule has 1 aromatic carbocycles. The summed E-state index contributed by atoms with van der Waals surface area (Å²) in [4.78, 5) is 4.18. The molecule has 5 nitrogen and oxygen atoms in total. The van der Waals surface area contributed by atoms with Crippen LogP contribution in [0.4, 0.5) is 4.39 Å². The first-order chi connectivity index (χ1) is 9.79. The summed E-state index contributed by atoms with van der Waals surface area (Å²) in [7, 11) is 0. The van der Waals surface area contributed by atoms with Gasteiger partial charge in [-0.15, -0.1) is 0 Å². The van der Waals surface area contributed by atoms with Gasteiger partial charge >= 0.3 is 0 Å². The van der Waals surface area contributed by atoms with Gasteiger partial charge in [0.25, 0.3) is 5.89 Å². The third-order valence-electron chi connectivity index (χ3n) is 2.81. The Morgan fingerprint density at radius 3 is 2.81 bits per heavy atom. The summed E-state index contributed by atoms with van der Waals surface area (Å²) in [6.45, 7) is 5.80. The van der Waals surface area contributed by atoms with Crippen LogP contribution in [0, 0.1) is 5.82 Å². The number of halogens is 2. The van der Waals surface area contributed by atoms with Crippen LogP contribution in [0.1, 0.15) is 26.6 Å². The fraction of sp³-hybridized carbons (Fsp3) is 0.429. The van der Waals surface area contributed by atoms with Crippen LogP contribution in [0.2, 0.25) is 0 Å². The highest BCUT2D eigenvalue weighted by Crippen LogP contribution is 2.26. The number of nitrogens with two attached hydrogens (primary N) is 1. The monoisotopic (exact) mass is 357 g/mol. The topological polar surface area (TPSA) is 74.2 Å². The Morgan fingerprint density at radius 1 is 1.48 bits per heavy atom. The van der Waals surface area contributed by atoms with Gasteiger partial charge < -0.3 is 15.0 Å². The summed E-state index contributed by atoms with van der Waals surface area (Å²) in [6, 6.07) is 4.60. The lowest BCUT2D eigenvalue weighted by atomic mass is 10.1. The number of rotatable bonds is 5. The molecule has 1 heterocycles. The molecule has 0 fully saturated rings. The number of nitrogens with zero attached hydrogens (tertiary/aromatic N) is 2. The first-order valence-electron chi connectivity index (χ1n) is 6.49. The van der Waals surface area contributed by atoms with Crippen molar-refractivity contribution in [3.8, 4) is 11.5 Å². The van der Waals surface area contributed by atoms with Gasteiger partial charge in [0.05, 0.1) is 18.3 Å². The zero-order valence-electron chi connectivity index (χ0n) is 12.1. The van der Waals surface area contributed by atoms with Gasteiger partial charge in [-0.1, -0.05) is 21.1 Å². The molecule has 114 valence electrons. The Kier molecular flexibility index (Phi) is 4.75. The highest BCUT2D eigenvalue weighted by atomic mass is 79.9. The van der Waals surface area contributed by atoms with Crippen molar-refractivity contribution in [2.75, 3.05) is 6.61 Å². The van der Waals surface area contributed by atoms with E-state index in [1.54, 1.807) is 19.1 Å². The van der Waals surface area contributed by atoms with Crippen molar-refractivity contribution in [2.45, 2.75) is 32.4 Å². The van der Waals surface area contributed by atoms with Gasteiger partial charge in [0, 0.05) is 4.47 Å². The molecule has 7 heteroatoms. The average Bonchev–Trinajstić information content (AvgIpc) is 2.86. The van der Waals surface area contributed by atoms with E-state index in [9.17, 15) is 4.39 Å². The van der Waals surface area contributed by atoms with E-state index in [1.165, 1.54) is 6.07 Å². The molecule has 2 rings (SSSR count). The molecule has 0 saturated heterocycles. The SMILES string of the molecule is CC(C)OCC(C)(N)c1noc(-c2ccc(Br)cc2F)n1. The molecular weight excluding hydrogens is 341 g/mol. The van der Waals surface area contributed by atoms with E-state index >= 15 is 0 Å². The second-order valence-electron chi connectivity index (χ2n) is 5.32. The molecule has 0 amide bonds. The van der Waals surface area contributed by atoms with Gasteiger partial charge in [-0.25, -0.2) is 4.39 Å². The normalized spacial score (nSPS) is 14.4. The van der Waals surface area contributed by atoms with Gasteiger partial charge in [-0.3, -0.25) is 0 Å². The van der Waals surface area contributed by atoms with Gasteiger partial charge in [0.2, 0.25) is 0 Å². The molecule has 0 saturated carbocycles. The minimum absolute atomic E-state index is 0.0446. The molecule has 0 aliphatic carbocycles. The van der Waals surface area contributed by atoms with E-state index in [-0.39, 0.29) is 30.0 Å². The Morgan fingerprint density at radius 2 is 2.19 bits per heavy atom. The van der Waals surface area contributed by atoms with Crippen LogP contribution in [0.3, 0.4) is 0 Å². The number of benzene rings is 1. The molecule has 1 atom stereocenters. The summed E-state index contributed by atoms with van der Waals surface area (Å²) in [5, 5.41) is 3.84. The molecule has 0 spiro atoms. The van der Waals surface area contributed by atoms with Crippen LogP contribution in [-0.4, -0.2) is 22.9 Å². The molecular formula is C14H17BrFN3O2. The highest BCUT2D eigenvalue weighted by Gasteiger charge is 2.29. The van der Waals surface area contributed by atoms with Crippen molar-refractivity contribution in [2.24, 2.45) is 5.73 Å². The first-order valence-corrected chi connectivity index (χ1v) is 7.29.